The molecule has 0 amide bonds. The molecule has 0 spiro atoms. The maximum atomic E-state index is 2.42. The van der Waals surface area contributed by atoms with Crippen molar-refractivity contribution < 1.29 is 20.1 Å². The molecule has 0 aromatic carbocycles. The summed E-state index contributed by atoms with van der Waals surface area (Å²) in [5, 5.41) is 0. The van der Waals surface area contributed by atoms with E-state index in [0.717, 1.165) is 0 Å². The first-order chi connectivity index (χ1) is 1.00. The molecule has 0 saturated carbocycles. The average molecular weight is 255 g/mol. The Kier molecular flexibility index (Phi) is 162. The van der Waals surface area contributed by atoms with Crippen molar-refractivity contribution in [1.29, 1.82) is 0 Å². The van der Waals surface area contributed by atoms with Gasteiger partial charge >= 0.3 is 0 Å². The van der Waals surface area contributed by atoms with Crippen molar-refractivity contribution in [2.75, 3.05) is 6.66 Å². The number of rotatable bonds is 0. The van der Waals surface area contributed by atoms with Crippen LogP contribution in [0, 0.1) is 7.43 Å². The average Bonchev–Trinajstić information content (AvgIpc) is 1.00. The SMILES string of the molecule is CP.[CH3-].[Ir]. The standard InChI is InChI=1S/CH5P.CH3.Ir/c1-2;;/h2H2,1H3;1H3;/q;-1;. The molecule has 0 rings (SSSR count). The van der Waals surface area contributed by atoms with Gasteiger partial charge in [-0.25, -0.2) is 0 Å². The summed E-state index contributed by atoms with van der Waals surface area (Å²) in [4.78, 5) is 0. The van der Waals surface area contributed by atoms with Crippen LogP contribution in [0.1, 0.15) is 0 Å². The summed E-state index contributed by atoms with van der Waals surface area (Å²) < 4.78 is 0. The second kappa shape index (κ2) is 33.2. The molecule has 0 N–H and O–H groups in total. The molecule has 31 valence electrons. The van der Waals surface area contributed by atoms with Gasteiger partial charge in [-0.3, -0.25) is 0 Å². The molecule has 0 bridgehead atoms. The quantitative estimate of drug-likeness (QED) is 0.446. The van der Waals surface area contributed by atoms with Gasteiger partial charge in [0.2, 0.25) is 0 Å². The van der Waals surface area contributed by atoms with Crippen molar-refractivity contribution in [2.45, 2.75) is 0 Å². The zero-order valence-electron chi connectivity index (χ0n) is 2.91. The van der Waals surface area contributed by atoms with Crippen LogP contribution in [0.5, 0.6) is 0 Å². The molecule has 0 aliphatic carbocycles. The van der Waals surface area contributed by atoms with E-state index in [2.05, 4.69) is 9.24 Å². The summed E-state index contributed by atoms with van der Waals surface area (Å²) in [7, 11) is 2.42. The van der Waals surface area contributed by atoms with E-state index in [-0.39, 0.29) is 27.5 Å². The molecule has 0 aromatic rings. The van der Waals surface area contributed by atoms with Gasteiger partial charge in [-0.2, -0.15) is 0 Å². The zero-order chi connectivity index (χ0) is 2.00. The van der Waals surface area contributed by atoms with Gasteiger partial charge < -0.3 is 7.43 Å². The van der Waals surface area contributed by atoms with Crippen LogP contribution in [0.3, 0.4) is 0 Å². The van der Waals surface area contributed by atoms with Crippen LogP contribution in [-0.2, 0) is 20.1 Å². The van der Waals surface area contributed by atoms with Gasteiger partial charge in [0.05, 0.1) is 0 Å². The summed E-state index contributed by atoms with van der Waals surface area (Å²) in [6, 6.07) is 0. The predicted molar refractivity (Wildman–Crippen MR) is 22.0 cm³/mol. The molecular weight excluding hydrogens is 247 g/mol. The fourth-order valence-corrected chi connectivity index (χ4v) is 0. The molecular formula is C2H8IrP-. The molecule has 0 saturated heterocycles. The molecule has 0 heterocycles. The monoisotopic (exact) mass is 256 g/mol. The Balaban J connectivity index is -0.00000000500. The minimum absolute atomic E-state index is 0. The van der Waals surface area contributed by atoms with E-state index in [4.69, 9.17) is 0 Å². The van der Waals surface area contributed by atoms with Crippen molar-refractivity contribution in [1.82, 2.24) is 0 Å². The van der Waals surface area contributed by atoms with E-state index in [0.29, 0.717) is 0 Å². The second-order valence-electron chi connectivity index (χ2n) is 0. The van der Waals surface area contributed by atoms with Gasteiger partial charge in [-0.05, 0) is 0 Å². The van der Waals surface area contributed by atoms with Crippen LogP contribution >= 0.6 is 9.24 Å². The first-order valence-electron chi connectivity index (χ1n) is 0.577. The second-order valence-corrected chi connectivity index (χ2v) is 0. The van der Waals surface area contributed by atoms with Crippen LogP contribution in [0.4, 0.5) is 0 Å². The summed E-state index contributed by atoms with van der Waals surface area (Å²) in [5.41, 5.74) is 0. The maximum Gasteiger partial charge on any atom is 0 e. The van der Waals surface area contributed by atoms with Gasteiger partial charge in [0.1, 0.15) is 0 Å². The van der Waals surface area contributed by atoms with E-state index < -0.39 is 0 Å². The molecule has 0 aliphatic rings. The Bertz CT molecular complexity index is 6.00. The van der Waals surface area contributed by atoms with Gasteiger partial charge in [0, 0.05) is 20.1 Å². The Morgan fingerprint density at radius 2 is 1.25 bits per heavy atom. The Morgan fingerprint density at radius 1 is 1.25 bits per heavy atom. The van der Waals surface area contributed by atoms with Crippen LogP contribution < -0.4 is 0 Å². The van der Waals surface area contributed by atoms with Crippen LogP contribution in [0.2, 0.25) is 0 Å². The zero-order valence-corrected chi connectivity index (χ0v) is 6.46. The number of hydrogen-bond donors (Lipinski definition) is 0. The van der Waals surface area contributed by atoms with Crippen molar-refractivity contribution in [3.63, 3.8) is 0 Å². The van der Waals surface area contributed by atoms with Gasteiger partial charge in [0.15, 0.2) is 0 Å². The van der Waals surface area contributed by atoms with Gasteiger partial charge in [0.25, 0.3) is 0 Å². The third-order valence-corrected chi connectivity index (χ3v) is 0. The maximum absolute atomic E-state index is 2.42. The molecule has 4 heavy (non-hydrogen) atoms. The molecule has 2 heteroatoms. The molecule has 1 atom stereocenters. The third kappa shape index (κ3) is 11.4. The summed E-state index contributed by atoms with van der Waals surface area (Å²) in [6.45, 7) is 1.92. The Hall–Kier alpha value is 1.08. The van der Waals surface area contributed by atoms with E-state index in [1.165, 1.54) is 0 Å². The summed E-state index contributed by atoms with van der Waals surface area (Å²) >= 11 is 0. The van der Waals surface area contributed by atoms with E-state index >= 15 is 0 Å². The van der Waals surface area contributed by atoms with Crippen LogP contribution in [0.15, 0.2) is 0 Å². The Morgan fingerprint density at radius 3 is 1.25 bits per heavy atom. The van der Waals surface area contributed by atoms with Crippen molar-refractivity contribution >= 4 is 9.24 Å². The topological polar surface area (TPSA) is 0 Å². The third-order valence-electron chi connectivity index (χ3n) is 0. The largest absolute Gasteiger partial charge is 0.358 e. The van der Waals surface area contributed by atoms with E-state index in [1.54, 1.807) is 0 Å². The first kappa shape index (κ1) is 19.5. The van der Waals surface area contributed by atoms with E-state index in [1.807, 2.05) is 6.66 Å². The fraction of sp³-hybridized carbons (Fsp3) is 0.500. The number of hydrogen-bond acceptors (Lipinski definition) is 0. The fourth-order valence-electron chi connectivity index (χ4n) is 0. The van der Waals surface area contributed by atoms with Crippen molar-refractivity contribution in [3.05, 3.63) is 7.43 Å². The summed E-state index contributed by atoms with van der Waals surface area (Å²) in [5.74, 6) is 0. The molecule has 0 aromatic heterocycles. The molecule has 0 nitrogen and oxygen atoms in total. The van der Waals surface area contributed by atoms with Crippen LogP contribution in [-0.4, -0.2) is 6.66 Å². The van der Waals surface area contributed by atoms with E-state index in [9.17, 15) is 0 Å². The molecule has 1 radical (unpaired) electrons. The minimum atomic E-state index is 0. The van der Waals surface area contributed by atoms with Crippen molar-refractivity contribution in [2.24, 2.45) is 0 Å². The van der Waals surface area contributed by atoms with Crippen LogP contribution in [0.25, 0.3) is 0 Å². The molecule has 0 fully saturated rings. The molecule has 1 unspecified atom stereocenters. The van der Waals surface area contributed by atoms with Crippen molar-refractivity contribution in [3.8, 4) is 0 Å². The van der Waals surface area contributed by atoms with Gasteiger partial charge in [-0.1, -0.05) is 6.66 Å². The smallest absolute Gasteiger partial charge is 0 e. The Labute approximate surface area is 43.9 Å². The summed E-state index contributed by atoms with van der Waals surface area (Å²) in [6.07, 6.45) is 0. The minimum Gasteiger partial charge on any atom is -0.358 e. The molecule has 0 aliphatic heterocycles. The normalized spacial score (nSPS) is 1.50. The van der Waals surface area contributed by atoms with Gasteiger partial charge in [-0.15, -0.1) is 9.24 Å². The predicted octanol–water partition coefficient (Wildman–Crippen LogP) is 0.939. The first-order valence-corrected chi connectivity index (χ1v) is 1.73.